The van der Waals surface area contributed by atoms with Gasteiger partial charge in [-0.15, -0.1) is 0 Å². The number of nitrogens with zero attached hydrogens (tertiary/aromatic N) is 3. The van der Waals surface area contributed by atoms with E-state index in [1.807, 2.05) is 60.7 Å². The summed E-state index contributed by atoms with van der Waals surface area (Å²) in [6, 6.07) is 19.8. The van der Waals surface area contributed by atoms with Gasteiger partial charge in [-0.3, -0.25) is 4.79 Å². The van der Waals surface area contributed by atoms with Crippen LogP contribution < -0.4 is 16.2 Å². The number of pyridine rings is 1. The van der Waals surface area contributed by atoms with Crippen molar-refractivity contribution in [2.45, 2.75) is 19.3 Å². The molecule has 0 bridgehead atoms. The van der Waals surface area contributed by atoms with Crippen LogP contribution in [0.25, 0.3) is 28.0 Å². The monoisotopic (exact) mass is 385 g/mol. The highest BCUT2D eigenvalue weighted by Crippen LogP contribution is 2.36. The topological polar surface area (TPSA) is 79.9 Å². The van der Waals surface area contributed by atoms with Gasteiger partial charge in [-0.05, 0) is 31.4 Å². The molecule has 0 atom stereocenters. The standard InChI is InChI=1S/C23H23N5O/c24-19-18-20(16-10-4-1-5-11-16)26-28(17-12-6-2-7-13-17)22(18)25-23(29)21(19)27-14-8-3-9-15-27/h1-2,4-7,10-13H,3,8-9,14-15H2,(H3,24,25,29). The van der Waals surface area contributed by atoms with Gasteiger partial charge in [0.2, 0.25) is 0 Å². The van der Waals surface area contributed by atoms with E-state index in [0.717, 1.165) is 48.3 Å². The maximum atomic E-state index is 13.1. The fourth-order valence-electron chi connectivity index (χ4n) is 4.18. The second-order valence-corrected chi connectivity index (χ2v) is 7.45. The largest absolute Gasteiger partial charge is 0.396 e. The normalized spacial score (nSPS) is 14.4. The van der Waals surface area contributed by atoms with Gasteiger partial charge >= 0.3 is 0 Å². The van der Waals surface area contributed by atoms with E-state index < -0.39 is 0 Å². The van der Waals surface area contributed by atoms with Crippen molar-refractivity contribution < 1.29 is 0 Å². The number of benzene rings is 2. The lowest BCUT2D eigenvalue weighted by Crippen LogP contribution is -2.34. The number of nitrogen functional groups attached to an aromatic ring is 1. The Morgan fingerprint density at radius 2 is 1.55 bits per heavy atom. The molecule has 0 unspecified atom stereocenters. The third-order valence-electron chi connectivity index (χ3n) is 5.58. The predicted octanol–water partition coefficient (Wildman–Crippen LogP) is 3.95. The van der Waals surface area contributed by atoms with Gasteiger partial charge in [-0.2, -0.15) is 5.10 Å². The average Bonchev–Trinajstić information content (AvgIpc) is 3.15. The number of rotatable bonds is 3. The zero-order valence-corrected chi connectivity index (χ0v) is 16.1. The molecule has 0 spiro atoms. The van der Waals surface area contributed by atoms with E-state index >= 15 is 0 Å². The summed E-state index contributed by atoms with van der Waals surface area (Å²) in [5, 5.41) is 5.66. The number of nitrogens with two attached hydrogens (primary N) is 1. The molecule has 2 aromatic carbocycles. The Bertz CT molecular complexity index is 1200. The van der Waals surface area contributed by atoms with Crippen LogP contribution in [0.1, 0.15) is 19.3 Å². The lowest BCUT2D eigenvalue weighted by molar-refractivity contribution is 0.577. The summed E-state index contributed by atoms with van der Waals surface area (Å²) < 4.78 is 1.77. The van der Waals surface area contributed by atoms with Gasteiger partial charge in [0.05, 0.1) is 16.8 Å². The van der Waals surface area contributed by atoms with Gasteiger partial charge in [0, 0.05) is 18.7 Å². The van der Waals surface area contributed by atoms with E-state index in [-0.39, 0.29) is 5.56 Å². The second kappa shape index (κ2) is 7.13. The lowest BCUT2D eigenvalue weighted by Gasteiger charge is -2.29. The number of para-hydroxylation sites is 1. The number of nitrogens with one attached hydrogen (secondary N) is 1. The minimum atomic E-state index is -0.159. The highest BCUT2D eigenvalue weighted by molar-refractivity contribution is 6.04. The van der Waals surface area contributed by atoms with Crippen molar-refractivity contribution in [3.8, 4) is 16.9 Å². The first-order valence-corrected chi connectivity index (χ1v) is 10.0. The summed E-state index contributed by atoms with van der Waals surface area (Å²) >= 11 is 0. The highest BCUT2D eigenvalue weighted by atomic mass is 16.1. The minimum Gasteiger partial charge on any atom is -0.396 e. The first-order valence-electron chi connectivity index (χ1n) is 10.0. The molecule has 5 rings (SSSR count). The van der Waals surface area contributed by atoms with Crippen LogP contribution in [0, 0.1) is 0 Å². The van der Waals surface area contributed by atoms with Crippen molar-refractivity contribution >= 4 is 22.4 Å². The first kappa shape index (κ1) is 17.6. The zero-order chi connectivity index (χ0) is 19.8. The van der Waals surface area contributed by atoms with Crippen LogP contribution >= 0.6 is 0 Å². The Labute approximate surface area is 168 Å². The molecule has 1 fully saturated rings. The molecular weight excluding hydrogens is 362 g/mol. The predicted molar refractivity (Wildman–Crippen MR) is 118 cm³/mol. The number of aromatic nitrogens is 3. The van der Waals surface area contributed by atoms with Crippen LogP contribution in [0.2, 0.25) is 0 Å². The number of aromatic amines is 1. The Morgan fingerprint density at radius 3 is 2.24 bits per heavy atom. The molecule has 1 aliphatic rings. The maximum absolute atomic E-state index is 13.1. The summed E-state index contributed by atoms with van der Waals surface area (Å²) in [5.41, 5.74) is 10.8. The fourth-order valence-corrected chi connectivity index (χ4v) is 4.18. The minimum absolute atomic E-state index is 0.159. The Kier molecular flexibility index (Phi) is 4.31. The first-order chi connectivity index (χ1) is 14.2. The van der Waals surface area contributed by atoms with Gasteiger partial charge in [0.1, 0.15) is 17.0 Å². The molecule has 3 heterocycles. The lowest BCUT2D eigenvalue weighted by atomic mass is 10.1. The van der Waals surface area contributed by atoms with Crippen LogP contribution in [0.3, 0.4) is 0 Å². The summed E-state index contributed by atoms with van der Waals surface area (Å²) in [6.07, 6.45) is 3.34. The number of hydrogen-bond donors (Lipinski definition) is 2. The zero-order valence-electron chi connectivity index (χ0n) is 16.1. The molecule has 29 heavy (non-hydrogen) atoms. The molecule has 6 heteroatoms. The fraction of sp³-hybridized carbons (Fsp3) is 0.217. The van der Waals surface area contributed by atoms with Gasteiger partial charge in [-0.1, -0.05) is 48.5 Å². The van der Waals surface area contributed by atoms with Gasteiger partial charge in [0.15, 0.2) is 0 Å². The molecule has 0 amide bonds. The van der Waals surface area contributed by atoms with Crippen LogP contribution in [-0.4, -0.2) is 27.9 Å². The molecule has 0 radical (unpaired) electrons. The Morgan fingerprint density at radius 1 is 0.897 bits per heavy atom. The Balaban J connectivity index is 1.82. The average molecular weight is 385 g/mol. The van der Waals surface area contributed by atoms with Crippen molar-refractivity contribution in [1.82, 2.24) is 14.8 Å². The number of H-pyrrole nitrogens is 1. The summed E-state index contributed by atoms with van der Waals surface area (Å²) in [5.74, 6) is 0. The van der Waals surface area contributed by atoms with Crippen molar-refractivity contribution in [3.63, 3.8) is 0 Å². The van der Waals surface area contributed by atoms with Crippen LogP contribution in [-0.2, 0) is 0 Å². The van der Waals surface area contributed by atoms with Crippen LogP contribution in [0.5, 0.6) is 0 Å². The summed E-state index contributed by atoms with van der Waals surface area (Å²) in [7, 11) is 0. The van der Waals surface area contributed by atoms with E-state index in [9.17, 15) is 4.79 Å². The molecule has 1 aliphatic heterocycles. The van der Waals surface area contributed by atoms with Gasteiger partial charge in [-0.25, -0.2) is 4.68 Å². The van der Waals surface area contributed by atoms with E-state index in [0.29, 0.717) is 17.0 Å². The van der Waals surface area contributed by atoms with E-state index in [1.165, 1.54) is 6.42 Å². The molecule has 146 valence electrons. The number of anilines is 2. The number of fused-ring (bicyclic) bond motifs is 1. The van der Waals surface area contributed by atoms with Crippen molar-refractivity contribution in [2.24, 2.45) is 0 Å². The Hall–Kier alpha value is -3.54. The maximum Gasteiger partial charge on any atom is 0.275 e. The third kappa shape index (κ3) is 2.97. The summed E-state index contributed by atoms with van der Waals surface area (Å²) in [6.45, 7) is 1.71. The molecule has 1 saturated heterocycles. The number of piperidine rings is 1. The third-order valence-corrected chi connectivity index (χ3v) is 5.58. The molecular formula is C23H23N5O. The van der Waals surface area contributed by atoms with Crippen molar-refractivity contribution in [1.29, 1.82) is 0 Å². The SMILES string of the molecule is Nc1c(N2CCCCC2)c(=O)[nH]c2c1c(-c1ccccc1)nn2-c1ccccc1. The molecule has 0 aliphatic carbocycles. The van der Waals surface area contributed by atoms with Crippen LogP contribution in [0.15, 0.2) is 65.5 Å². The summed E-state index contributed by atoms with van der Waals surface area (Å²) in [4.78, 5) is 18.3. The van der Waals surface area contributed by atoms with Crippen LogP contribution in [0.4, 0.5) is 11.4 Å². The molecule has 4 aromatic rings. The molecule has 2 aromatic heterocycles. The molecule has 0 saturated carbocycles. The van der Waals surface area contributed by atoms with Crippen molar-refractivity contribution in [3.05, 3.63) is 71.0 Å². The quantitative estimate of drug-likeness (QED) is 0.560. The van der Waals surface area contributed by atoms with Crippen molar-refractivity contribution in [2.75, 3.05) is 23.7 Å². The van der Waals surface area contributed by atoms with E-state index in [2.05, 4.69) is 9.88 Å². The highest BCUT2D eigenvalue weighted by Gasteiger charge is 2.24. The molecule has 6 nitrogen and oxygen atoms in total. The smallest absolute Gasteiger partial charge is 0.275 e. The van der Waals surface area contributed by atoms with E-state index in [4.69, 9.17) is 10.8 Å². The molecule has 3 N–H and O–H groups in total. The van der Waals surface area contributed by atoms with E-state index in [1.54, 1.807) is 4.68 Å². The van der Waals surface area contributed by atoms with Gasteiger partial charge < -0.3 is 15.6 Å². The number of hydrogen-bond acceptors (Lipinski definition) is 4. The second-order valence-electron chi connectivity index (χ2n) is 7.45. The van der Waals surface area contributed by atoms with Gasteiger partial charge in [0.25, 0.3) is 5.56 Å².